The van der Waals surface area contributed by atoms with E-state index in [-0.39, 0.29) is 5.69 Å². The molecule has 2 aromatic carbocycles. The molecule has 1 aliphatic heterocycles. The molecule has 1 atom stereocenters. The second kappa shape index (κ2) is 6.30. The molecule has 2 N–H and O–H groups in total. The number of rotatable bonds is 2. The highest BCUT2D eigenvalue weighted by atomic mass is 16.7. The fraction of sp³-hybridized carbons (Fsp3) is 0.100. The Kier molecular flexibility index (Phi) is 3.82. The normalized spacial score (nSPS) is 14.6. The van der Waals surface area contributed by atoms with Crippen LogP contribution in [0.25, 0.3) is 5.69 Å². The predicted molar refractivity (Wildman–Crippen MR) is 95.2 cm³/mol. The summed E-state index contributed by atoms with van der Waals surface area (Å²) in [4.78, 5) is 11.3. The SMILES string of the molecule is CC1Oc2c(C#Cc3ccccc3)ccc(-n3ccc(C(N)=O)n3)c2O1. The molecule has 0 spiro atoms. The molecule has 1 aliphatic rings. The van der Waals surface area contributed by atoms with Crippen LogP contribution >= 0.6 is 0 Å². The zero-order valence-electron chi connectivity index (χ0n) is 14.0. The van der Waals surface area contributed by atoms with Gasteiger partial charge >= 0.3 is 0 Å². The van der Waals surface area contributed by atoms with E-state index in [0.29, 0.717) is 17.2 Å². The Morgan fingerprint density at radius 1 is 1.08 bits per heavy atom. The van der Waals surface area contributed by atoms with Crippen molar-refractivity contribution in [1.29, 1.82) is 0 Å². The van der Waals surface area contributed by atoms with Crippen LogP contribution in [0.3, 0.4) is 0 Å². The third-order valence-corrected chi connectivity index (χ3v) is 3.86. The number of carbonyl (C=O) groups excluding carboxylic acids is 1. The van der Waals surface area contributed by atoms with Crippen molar-refractivity contribution >= 4 is 5.91 Å². The number of aromatic nitrogens is 2. The van der Waals surface area contributed by atoms with Gasteiger partial charge in [0.15, 0.2) is 11.5 Å². The highest BCUT2D eigenvalue weighted by Crippen LogP contribution is 2.42. The molecule has 0 fully saturated rings. The second-order valence-electron chi connectivity index (χ2n) is 5.72. The zero-order chi connectivity index (χ0) is 18.1. The summed E-state index contributed by atoms with van der Waals surface area (Å²) in [6.07, 6.45) is 1.21. The monoisotopic (exact) mass is 345 g/mol. The highest BCUT2D eigenvalue weighted by molar-refractivity contribution is 5.90. The molecule has 4 rings (SSSR count). The van der Waals surface area contributed by atoms with E-state index < -0.39 is 12.2 Å². The number of nitrogens with zero attached hydrogens (tertiary/aromatic N) is 2. The fourth-order valence-electron chi connectivity index (χ4n) is 2.67. The topological polar surface area (TPSA) is 79.4 Å². The molecule has 1 amide bonds. The Hall–Kier alpha value is -3.72. The first kappa shape index (κ1) is 15.8. The number of nitrogens with two attached hydrogens (primary N) is 1. The minimum Gasteiger partial charge on any atom is -0.450 e. The van der Waals surface area contributed by atoms with E-state index in [0.717, 1.165) is 11.1 Å². The van der Waals surface area contributed by atoms with E-state index in [1.165, 1.54) is 4.68 Å². The van der Waals surface area contributed by atoms with Gasteiger partial charge in [-0.05, 0) is 30.3 Å². The van der Waals surface area contributed by atoms with Gasteiger partial charge in [-0.2, -0.15) is 5.10 Å². The molecule has 0 saturated carbocycles. The van der Waals surface area contributed by atoms with Gasteiger partial charge in [-0.25, -0.2) is 4.68 Å². The second-order valence-corrected chi connectivity index (χ2v) is 5.72. The van der Waals surface area contributed by atoms with Crippen LogP contribution < -0.4 is 15.2 Å². The lowest BCUT2D eigenvalue weighted by molar-refractivity contribution is 0.0676. The standard InChI is InChI=1S/C20H15N3O3/c1-13-25-18-15(8-7-14-5-3-2-4-6-14)9-10-17(19(18)26-13)23-12-11-16(22-23)20(21)24/h2-6,9-13H,1H3,(H2,21,24). The number of hydrogen-bond acceptors (Lipinski definition) is 4. The summed E-state index contributed by atoms with van der Waals surface area (Å²) in [5.74, 6) is 6.76. The molecule has 0 saturated heterocycles. The number of hydrogen-bond donors (Lipinski definition) is 1. The lowest BCUT2D eigenvalue weighted by Gasteiger charge is -2.07. The van der Waals surface area contributed by atoms with Crippen LogP contribution in [-0.2, 0) is 0 Å². The van der Waals surface area contributed by atoms with E-state index in [1.54, 1.807) is 19.2 Å². The van der Waals surface area contributed by atoms with Crippen LogP contribution in [0.15, 0.2) is 54.7 Å². The molecular weight excluding hydrogens is 330 g/mol. The number of ether oxygens (including phenoxy) is 2. The summed E-state index contributed by atoms with van der Waals surface area (Å²) < 4.78 is 13.1. The summed E-state index contributed by atoms with van der Waals surface area (Å²) in [5, 5.41) is 4.18. The molecule has 26 heavy (non-hydrogen) atoms. The molecule has 1 unspecified atom stereocenters. The summed E-state index contributed by atoms with van der Waals surface area (Å²) in [6, 6.07) is 14.9. The van der Waals surface area contributed by atoms with Gasteiger partial charge in [0.05, 0.1) is 5.56 Å². The smallest absolute Gasteiger partial charge is 0.269 e. The number of primary amides is 1. The van der Waals surface area contributed by atoms with E-state index >= 15 is 0 Å². The first-order valence-corrected chi connectivity index (χ1v) is 8.05. The van der Waals surface area contributed by atoms with Gasteiger partial charge < -0.3 is 15.2 Å². The van der Waals surface area contributed by atoms with E-state index in [1.807, 2.05) is 42.5 Å². The summed E-state index contributed by atoms with van der Waals surface area (Å²) in [7, 11) is 0. The largest absolute Gasteiger partial charge is 0.450 e. The molecule has 1 aromatic heterocycles. The quantitative estimate of drug-likeness (QED) is 0.724. The number of benzene rings is 2. The van der Waals surface area contributed by atoms with Gasteiger partial charge in [0.1, 0.15) is 11.4 Å². The summed E-state index contributed by atoms with van der Waals surface area (Å²) in [6.45, 7) is 1.80. The van der Waals surface area contributed by atoms with Crippen molar-refractivity contribution in [3.63, 3.8) is 0 Å². The maximum atomic E-state index is 11.3. The highest BCUT2D eigenvalue weighted by Gasteiger charge is 2.27. The van der Waals surface area contributed by atoms with E-state index in [9.17, 15) is 4.79 Å². The van der Waals surface area contributed by atoms with Crippen molar-refractivity contribution in [2.24, 2.45) is 5.73 Å². The molecule has 6 heteroatoms. The molecule has 128 valence electrons. The van der Waals surface area contributed by atoms with Gasteiger partial charge in [-0.15, -0.1) is 0 Å². The van der Waals surface area contributed by atoms with Crippen LogP contribution in [0.5, 0.6) is 11.5 Å². The molecule has 0 aliphatic carbocycles. The fourth-order valence-corrected chi connectivity index (χ4v) is 2.67. The van der Waals surface area contributed by atoms with E-state index in [2.05, 4.69) is 16.9 Å². The lowest BCUT2D eigenvalue weighted by Crippen LogP contribution is -2.13. The van der Waals surface area contributed by atoms with Crippen LogP contribution in [0.4, 0.5) is 0 Å². The third kappa shape index (κ3) is 2.87. The Bertz CT molecular complexity index is 1050. The molecule has 0 bridgehead atoms. The van der Waals surface area contributed by atoms with Crippen molar-refractivity contribution in [1.82, 2.24) is 9.78 Å². The maximum absolute atomic E-state index is 11.3. The average molecular weight is 345 g/mol. The minimum atomic E-state index is -0.587. The van der Waals surface area contributed by atoms with Crippen molar-refractivity contribution in [2.75, 3.05) is 0 Å². The van der Waals surface area contributed by atoms with Gasteiger partial charge in [0.25, 0.3) is 5.91 Å². The van der Waals surface area contributed by atoms with Gasteiger partial charge in [-0.1, -0.05) is 30.0 Å². The van der Waals surface area contributed by atoms with Gasteiger partial charge in [0, 0.05) is 18.7 Å². The first-order chi connectivity index (χ1) is 12.6. The molecular formula is C20H15N3O3. The predicted octanol–water partition coefficient (Wildman–Crippen LogP) is 2.49. The average Bonchev–Trinajstić information content (AvgIpc) is 3.27. The van der Waals surface area contributed by atoms with Crippen molar-refractivity contribution in [3.05, 3.63) is 71.5 Å². The Labute approximate surface area is 150 Å². The number of fused-ring (bicyclic) bond motifs is 1. The van der Waals surface area contributed by atoms with Crippen molar-refractivity contribution < 1.29 is 14.3 Å². The Morgan fingerprint density at radius 2 is 1.85 bits per heavy atom. The number of amides is 1. The van der Waals surface area contributed by atoms with Crippen molar-refractivity contribution in [2.45, 2.75) is 13.2 Å². The van der Waals surface area contributed by atoms with Gasteiger partial charge in [0.2, 0.25) is 6.29 Å². The summed E-state index contributed by atoms with van der Waals surface area (Å²) >= 11 is 0. The Balaban J connectivity index is 1.77. The first-order valence-electron chi connectivity index (χ1n) is 8.05. The van der Waals surface area contributed by atoms with Crippen LogP contribution in [0.2, 0.25) is 0 Å². The van der Waals surface area contributed by atoms with Crippen LogP contribution in [-0.4, -0.2) is 22.0 Å². The lowest BCUT2D eigenvalue weighted by atomic mass is 10.1. The van der Waals surface area contributed by atoms with E-state index in [4.69, 9.17) is 15.2 Å². The summed E-state index contributed by atoms with van der Waals surface area (Å²) in [5.41, 5.74) is 7.74. The molecule has 2 heterocycles. The van der Waals surface area contributed by atoms with Crippen LogP contribution in [0.1, 0.15) is 28.5 Å². The maximum Gasteiger partial charge on any atom is 0.269 e. The number of carbonyl (C=O) groups is 1. The Morgan fingerprint density at radius 3 is 2.58 bits per heavy atom. The van der Waals surface area contributed by atoms with Crippen molar-refractivity contribution in [3.8, 4) is 29.0 Å². The van der Waals surface area contributed by atoms with Crippen LogP contribution in [0, 0.1) is 11.8 Å². The minimum absolute atomic E-state index is 0.179. The molecule has 6 nitrogen and oxygen atoms in total. The molecule has 0 radical (unpaired) electrons. The zero-order valence-corrected chi connectivity index (χ0v) is 14.0. The molecule has 3 aromatic rings. The van der Waals surface area contributed by atoms with Gasteiger partial charge in [-0.3, -0.25) is 4.79 Å². The third-order valence-electron chi connectivity index (χ3n) is 3.86.